The molecule has 7 heteroatoms. The second kappa shape index (κ2) is 9.33. The SMILES string of the molecule is CCCNC(=NCC(=O)N(C)C)NCC(C)c1nccs1. The van der Waals surface area contributed by atoms with Gasteiger partial charge in [-0.3, -0.25) is 4.79 Å². The molecule has 118 valence electrons. The Hall–Kier alpha value is -1.63. The Morgan fingerprint density at radius 3 is 2.81 bits per heavy atom. The molecule has 0 saturated heterocycles. The molecule has 1 heterocycles. The molecule has 6 nitrogen and oxygen atoms in total. The predicted molar refractivity (Wildman–Crippen MR) is 87.8 cm³/mol. The lowest BCUT2D eigenvalue weighted by Crippen LogP contribution is -2.40. The van der Waals surface area contributed by atoms with Gasteiger partial charge in [-0.25, -0.2) is 9.98 Å². The van der Waals surface area contributed by atoms with Crippen molar-refractivity contribution in [3.8, 4) is 0 Å². The number of hydrogen-bond donors (Lipinski definition) is 2. The highest BCUT2D eigenvalue weighted by molar-refractivity contribution is 7.09. The highest BCUT2D eigenvalue weighted by atomic mass is 32.1. The summed E-state index contributed by atoms with van der Waals surface area (Å²) in [5.74, 6) is 0.971. The molecule has 1 amide bonds. The van der Waals surface area contributed by atoms with E-state index >= 15 is 0 Å². The van der Waals surface area contributed by atoms with E-state index in [0.29, 0.717) is 11.9 Å². The molecule has 1 atom stereocenters. The van der Waals surface area contributed by atoms with Gasteiger partial charge in [0.05, 0.1) is 5.01 Å². The fourth-order valence-electron chi connectivity index (χ4n) is 1.52. The molecule has 0 bridgehead atoms. The van der Waals surface area contributed by atoms with Gasteiger partial charge in [-0.15, -0.1) is 11.3 Å². The van der Waals surface area contributed by atoms with Crippen LogP contribution < -0.4 is 10.6 Å². The Labute approximate surface area is 130 Å². The van der Waals surface area contributed by atoms with Crippen molar-refractivity contribution < 1.29 is 4.79 Å². The highest BCUT2D eigenvalue weighted by Gasteiger charge is 2.09. The van der Waals surface area contributed by atoms with Gasteiger partial charge in [0, 0.05) is 44.7 Å². The molecule has 2 N–H and O–H groups in total. The van der Waals surface area contributed by atoms with Crippen LogP contribution in [0.1, 0.15) is 31.2 Å². The number of hydrogen-bond acceptors (Lipinski definition) is 4. The minimum Gasteiger partial charge on any atom is -0.356 e. The highest BCUT2D eigenvalue weighted by Crippen LogP contribution is 2.16. The number of rotatable bonds is 7. The summed E-state index contributed by atoms with van der Waals surface area (Å²) in [5.41, 5.74) is 0. The third kappa shape index (κ3) is 6.57. The summed E-state index contributed by atoms with van der Waals surface area (Å²) < 4.78 is 0. The number of aliphatic imine (C=N–C) groups is 1. The fraction of sp³-hybridized carbons (Fsp3) is 0.643. The molecular formula is C14H25N5OS. The molecule has 0 aromatic carbocycles. The van der Waals surface area contributed by atoms with Gasteiger partial charge in [-0.05, 0) is 6.42 Å². The normalized spacial score (nSPS) is 12.9. The lowest BCUT2D eigenvalue weighted by atomic mass is 10.2. The van der Waals surface area contributed by atoms with E-state index in [1.807, 2.05) is 11.6 Å². The van der Waals surface area contributed by atoms with Crippen LogP contribution in [0.4, 0.5) is 0 Å². The zero-order valence-corrected chi connectivity index (χ0v) is 14.0. The summed E-state index contributed by atoms with van der Waals surface area (Å²) in [7, 11) is 3.46. The van der Waals surface area contributed by atoms with E-state index in [2.05, 4.69) is 34.5 Å². The molecule has 1 aromatic rings. The van der Waals surface area contributed by atoms with Crippen molar-refractivity contribution in [3.05, 3.63) is 16.6 Å². The average molecular weight is 311 g/mol. The maximum atomic E-state index is 11.6. The van der Waals surface area contributed by atoms with E-state index in [-0.39, 0.29) is 12.5 Å². The Balaban J connectivity index is 2.52. The summed E-state index contributed by atoms with van der Waals surface area (Å²) in [6.07, 6.45) is 2.82. The summed E-state index contributed by atoms with van der Waals surface area (Å²) >= 11 is 1.65. The monoisotopic (exact) mass is 311 g/mol. The number of carbonyl (C=O) groups excluding carboxylic acids is 1. The van der Waals surface area contributed by atoms with Crippen molar-refractivity contribution in [2.75, 3.05) is 33.7 Å². The minimum atomic E-state index is -0.0134. The topological polar surface area (TPSA) is 69.6 Å². The van der Waals surface area contributed by atoms with Crippen LogP contribution in [0.2, 0.25) is 0 Å². The van der Waals surface area contributed by atoms with Gasteiger partial charge in [0.15, 0.2) is 5.96 Å². The number of thiazole rings is 1. The van der Waals surface area contributed by atoms with Crippen LogP contribution in [0.15, 0.2) is 16.6 Å². The summed E-state index contributed by atoms with van der Waals surface area (Å²) in [6, 6.07) is 0. The van der Waals surface area contributed by atoms with Crippen LogP contribution in [0.5, 0.6) is 0 Å². The lowest BCUT2D eigenvalue weighted by molar-refractivity contribution is -0.127. The number of amides is 1. The van der Waals surface area contributed by atoms with Gasteiger partial charge in [0.25, 0.3) is 0 Å². The smallest absolute Gasteiger partial charge is 0.243 e. The quantitative estimate of drug-likeness (QED) is 0.588. The van der Waals surface area contributed by atoms with Crippen LogP contribution in [-0.4, -0.2) is 55.5 Å². The van der Waals surface area contributed by atoms with E-state index in [0.717, 1.165) is 24.5 Å². The van der Waals surface area contributed by atoms with Crippen molar-refractivity contribution in [1.82, 2.24) is 20.5 Å². The molecule has 1 rings (SSSR count). The van der Waals surface area contributed by atoms with Crippen LogP contribution in [0.25, 0.3) is 0 Å². The molecule has 1 aromatic heterocycles. The Morgan fingerprint density at radius 1 is 1.48 bits per heavy atom. The maximum Gasteiger partial charge on any atom is 0.243 e. The third-order valence-electron chi connectivity index (χ3n) is 2.86. The zero-order chi connectivity index (χ0) is 15.7. The molecule has 1 unspecified atom stereocenters. The summed E-state index contributed by atoms with van der Waals surface area (Å²) in [6.45, 7) is 5.92. The molecular weight excluding hydrogens is 286 g/mol. The van der Waals surface area contributed by atoms with Crippen molar-refractivity contribution in [2.24, 2.45) is 4.99 Å². The molecule has 0 aliphatic heterocycles. The van der Waals surface area contributed by atoms with E-state index in [1.54, 1.807) is 30.3 Å². The lowest BCUT2D eigenvalue weighted by Gasteiger charge is -2.15. The van der Waals surface area contributed by atoms with E-state index < -0.39 is 0 Å². The Morgan fingerprint density at radius 2 is 2.24 bits per heavy atom. The van der Waals surface area contributed by atoms with Gasteiger partial charge < -0.3 is 15.5 Å². The predicted octanol–water partition coefficient (Wildman–Crippen LogP) is 1.28. The van der Waals surface area contributed by atoms with Gasteiger partial charge >= 0.3 is 0 Å². The number of likely N-dealkylation sites (N-methyl/N-ethyl adjacent to an activating group) is 1. The van der Waals surface area contributed by atoms with Crippen LogP contribution in [0, 0.1) is 0 Å². The first-order valence-corrected chi connectivity index (χ1v) is 8.04. The first-order valence-electron chi connectivity index (χ1n) is 7.16. The molecule has 0 saturated carbocycles. The first kappa shape index (κ1) is 17.4. The van der Waals surface area contributed by atoms with E-state index in [1.165, 1.54) is 0 Å². The van der Waals surface area contributed by atoms with Gasteiger partial charge in [-0.2, -0.15) is 0 Å². The number of nitrogens with one attached hydrogen (secondary N) is 2. The number of carbonyl (C=O) groups is 1. The molecule has 0 aliphatic rings. The molecule has 0 fully saturated rings. The maximum absolute atomic E-state index is 11.6. The summed E-state index contributed by atoms with van der Waals surface area (Å²) in [5, 5.41) is 9.56. The minimum absolute atomic E-state index is 0.0134. The third-order valence-corrected chi connectivity index (χ3v) is 3.87. The second-order valence-corrected chi connectivity index (χ2v) is 5.96. The van der Waals surface area contributed by atoms with Gasteiger partial charge in [0.2, 0.25) is 5.91 Å². The van der Waals surface area contributed by atoms with Crippen LogP contribution in [-0.2, 0) is 4.79 Å². The Bertz CT molecular complexity index is 444. The van der Waals surface area contributed by atoms with Crippen molar-refractivity contribution >= 4 is 23.2 Å². The number of nitrogens with zero attached hydrogens (tertiary/aromatic N) is 3. The van der Waals surface area contributed by atoms with E-state index in [4.69, 9.17) is 0 Å². The van der Waals surface area contributed by atoms with Crippen LogP contribution >= 0.6 is 11.3 Å². The van der Waals surface area contributed by atoms with Gasteiger partial charge in [0.1, 0.15) is 6.54 Å². The largest absolute Gasteiger partial charge is 0.356 e. The molecule has 0 radical (unpaired) electrons. The Kier molecular flexibility index (Phi) is 7.74. The van der Waals surface area contributed by atoms with Crippen molar-refractivity contribution in [3.63, 3.8) is 0 Å². The second-order valence-electron chi connectivity index (χ2n) is 5.03. The molecule has 0 spiro atoms. The average Bonchev–Trinajstić information content (AvgIpc) is 2.99. The molecule has 0 aliphatic carbocycles. The van der Waals surface area contributed by atoms with Crippen molar-refractivity contribution in [1.29, 1.82) is 0 Å². The number of aromatic nitrogens is 1. The first-order chi connectivity index (χ1) is 10.0. The standard InChI is InChI=1S/C14H25N5OS/c1-5-6-16-14(18-10-12(20)19(3)4)17-9-11(2)13-15-7-8-21-13/h7-8,11H,5-6,9-10H2,1-4H3,(H2,16,17,18). The van der Waals surface area contributed by atoms with Gasteiger partial charge in [-0.1, -0.05) is 13.8 Å². The van der Waals surface area contributed by atoms with E-state index in [9.17, 15) is 4.79 Å². The fourth-order valence-corrected chi connectivity index (χ4v) is 2.22. The van der Waals surface area contributed by atoms with Crippen LogP contribution in [0.3, 0.4) is 0 Å². The van der Waals surface area contributed by atoms with Crippen molar-refractivity contribution in [2.45, 2.75) is 26.2 Å². The number of guanidine groups is 1. The summed E-state index contributed by atoms with van der Waals surface area (Å²) in [4.78, 5) is 21.8. The zero-order valence-electron chi connectivity index (χ0n) is 13.2. The molecule has 21 heavy (non-hydrogen) atoms.